The van der Waals surface area contributed by atoms with Gasteiger partial charge < -0.3 is 4.57 Å². The minimum Gasteiger partial charge on any atom is -0.318 e. The van der Waals surface area contributed by atoms with Gasteiger partial charge in [-0.2, -0.15) is 15.1 Å². The smallest absolute Gasteiger partial charge is 0.283 e. The molecule has 1 amide bonds. The van der Waals surface area contributed by atoms with E-state index in [4.69, 9.17) is 5.41 Å². The van der Waals surface area contributed by atoms with E-state index in [0.29, 0.717) is 17.0 Å². The first-order chi connectivity index (χ1) is 15.7. The SMILES string of the molecule is CCC(CC)C1=NN2C(=N)C(=Cc3cc(C)n(-c4ccc(C(C)C)cc4)c3C)C(=O)N=C2S1. The summed E-state index contributed by atoms with van der Waals surface area (Å²) >= 11 is 1.41. The topological polar surface area (TPSA) is 73.8 Å². The molecule has 0 saturated carbocycles. The summed E-state index contributed by atoms with van der Waals surface area (Å²) in [6, 6.07) is 10.6. The van der Waals surface area contributed by atoms with Gasteiger partial charge in [0.15, 0.2) is 5.84 Å². The number of rotatable bonds is 6. The molecule has 1 aromatic carbocycles. The Bertz CT molecular complexity index is 1200. The number of aliphatic imine (C=N–C) groups is 1. The van der Waals surface area contributed by atoms with E-state index in [2.05, 4.69) is 79.6 Å². The summed E-state index contributed by atoms with van der Waals surface area (Å²) in [6.45, 7) is 12.7. The monoisotopic (exact) mass is 461 g/mol. The van der Waals surface area contributed by atoms with Crippen molar-refractivity contribution in [2.24, 2.45) is 16.0 Å². The minimum absolute atomic E-state index is 0.0875. The Kier molecular flexibility index (Phi) is 6.43. The average molecular weight is 462 g/mol. The number of aromatic nitrogens is 1. The second-order valence-corrected chi connectivity index (χ2v) is 9.87. The first-order valence-corrected chi connectivity index (χ1v) is 12.4. The van der Waals surface area contributed by atoms with Crippen LogP contribution < -0.4 is 0 Å². The minimum atomic E-state index is -0.383. The van der Waals surface area contributed by atoms with E-state index >= 15 is 0 Å². The molecule has 0 bridgehead atoms. The van der Waals surface area contributed by atoms with E-state index < -0.39 is 0 Å². The molecule has 0 spiro atoms. The molecular weight excluding hydrogens is 430 g/mol. The predicted molar refractivity (Wildman–Crippen MR) is 138 cm³/mol. The molecule has 2 aliphatic rings. The van der Waals surface area contributed by atoms with Crippen molar-refractivity contribution >= 4 is 39.8 Å². The fourth-order valence-electron chi connectivity index (χ4n) is 4.30. The predicted octanol–water partition coefficient (Wildman–Crippen LogP) is 6.27. The molecule has 3 heterocycles. The van der Waals surface area contributed by atoms with Crippen molar-refractivity contribution in [2.75, 3.05) is 0 Å². The average Bonchev–Trinajstić information content (AvgIpc) is 3.32. The zero-order valence-corrected chi connectivity index (χ0v) is 21.0. The number of amidine groups is 2. The Morgan fingerprint density at radius 3 is 2.39 bits per heavy atom. The van der Waals surface area contributed by atoms with Crippen LogP contribution in [0.4, 0.5) is 0 Å². The summed E-state index contributed by atoms with van der Waals surface area (Å²) in [4.78, 5) is 17.1. The van der Waals surface area contributed by atoms with Gasteiger partial charge in [0.2, 0.25) is 5.17 Å². The van der Waals surface area contributed by atoms with Crippen molar-refractivity contribution in [3.05, 3.63) is 58.4 Å². The van der Waals surface area contributed by atoms with Crippen molar-refractivity contribution in [1.29, 1.82) is 5.41 Å². The van der Waals surface area contributed by atoms with Crippen LogP contribution in [0.1, 0.15) is 69.0 Å². The van der Waals surface area contributed by atoms with Gasteiger partial charge >= 0.3 is 0 Å². The molecule has 7 heteroatoms. The molecule has 4 rings (SSSR count). The van der Waals surface area contributed by atoms with Gasteiger partial charge in [0.05, 0.1) is 5.57 Å². The van der Waals surface area contributed by atoms with Crippen LogP contribution in [0.5, 0.6) is 0 Å². The normalized spacial score (nSPS) is 17.3. The highest BCUT2D eigenvalue weighted by Gasteiger charge is 2.37. The van der Waals surface area contributed by atoms with Crippen molar-refractivity contribution in [3.63, 3.8) is 0 Å². The Morgan fingerprint density at radius 1 is 1.12 bits per heavy atom. The highest BCUT2D eigenvalue weighted by atomic mass is 32.2. The molecular formula is C26H31N5OS. The Hall–Kier alpha value is -2.93. The number of nitrogens with one attached hydrogen (secondary N) is 1. The fourth-order valence-corrected chi connectivity index (χ4v) is 5.46. The summed E-state index contributed by atoms with van der Waals surface area (Å²) in [5.41, 5.74) is 5.65. The standard InChI is InChI=1S/C26H31N5OS/c1-7-18(8-2)25-29-31-23(27)22(24(32)28-26(31)33-25)14-20-13-16(5)30(17(20)6)21-11-9-19(10-12-21)15(3)4/h9-15,18,27H,7-8H2,1-6H3. The largest absolute Gasteiger partial charge is 0.318 e. The number of amides is 1. The molecule has 2 aromatic rings. The number of nitrogens with zero attached hydrogens (tertiary/aromatic N) is 4. The van der Waals surface area contributed by atoms with Crippen LogP contribution >= 0.6 is 11.8 Å². The van der Waals surface area contributed by atoms with Gasteiger partial charge in [-0.3, -0.25) is 10.2 Å². The van der Waals surface area contributed by atoms with Gasteiger partial charge in [0.1, 0.15) is 5.04 Å². The molecule has 0 atom stereocenters. The molecule has 33 heavy (non-hydrogen) atoms. The number of hydrogen-bond acceptors (Lipinski definition) is 4. The third-order valence-electron chi connectivity index (χ3n) is 6.39. The highest BCUT2D eigenvalue weighted by Crippen LogP contribution is 2.33. The lowest BCUT2D eigenvalue weighted by molar-refractivity contribution is -0.114. The highest BCUT2D eigenvalue weighted by molar-refractivity contribution is 8.27. The van der Waals surface area contributed by atoms with Crippen LogP contribution in [0.3, 0.4) is 0 Å². The van der Waals surface area contributed by atoms with E-state index in [-0.39, 0.29) is 17.3 Å². The van der Waals surface area contributed by atoms with Crippen LogP contribution in [0.25, 0.3) is 11.8 Å². The van der Waals surface area contributed by atoms with E-state index in [9.17, 15) is 4.79 Å². The first-order valence-electron chi connectivity index (χ1n) is 11.5. The summed E-state index contributed by atoms with van der Waals surface area (Å²) in [7, 11) is 0. The van der Waals surface area contributed by atoms with Gasteiger partial charge in [-0.25, -0.2) is 0 Å². The van der Waals surface area contributed by atoms with Gasteiger partial charge in [0.25, 0.3) is 5.91 Å². The number of aryl methyl sites for hydroxylation is 1. The summed E-state index contributed by atoms with van der Waals surface area (Å²) in [5, 5.41) is 16.2. The number of hydrazone groups is 1. The van der Waals surface area contributed by atoms with Crippen LogP contribution in [-0.2, 0) is 4.79 Å². The van der Waals surface area contributed by atoms with Crippen molar-refractivity contribution in [1.82, 2.24) is 9.58 Å². The van der Waals surface area contributed by atoms with Gasteiger partial charge in [-0.05, 0) is 79.8 Å². The van der Waals surface area contributed by atoms with Crippen LogP contribution in [0.15, 0.2) is 46.0 Å². The Balaban J connectivity index is 1.68. The molecule has 1 N–H and O–H groups in total. The maximum Gasteiger partial charge on any atom is 0.283 e. The van der Waals surface area contributed by atoms with E-state index in [1.807, 2.05) is 6.92 Å². The zero-order valence-electron chi connectivity index (χ0n) is 20.1. The van der Waals surface area contributed by atoms with Crippen LogP contribution in [0.2, 0.25) is 0 Å². The first kappa shape index (κ1) is 23.2. The number of carbonyl (C=O) groups is 1. The fraction of sp³-hybridized carbons (Fsp3) is 0.385. The molecule has 1 aromatic heterocycles. The van der Waals surface area contributed by atoms with Gasteiger partial charge in [-0.1, -0.05) is 39.8 Å². The van der Waals surface area contributed by atoms with Crippen molar-refractivity contribution < 1.29 is 4.79 Å². The number of fused-ring (bicyclic) bond motifs is 1. The molecule has 2 aliphatic heterocycles. The lowest BCUT2D eigenvalue weighted by atomic mass is 10.0. The van der Waals surface area contributed by atoms with Crippen molar-refractivity contribution in [2.45, 2.75) is 60.3 Å². The molecule has 6 nitrogen and oxygen atoms in total. The Labute approximate surface area is 200 Å². The second kappa shape index (κ2) is 9.14. The number of carbonyl (C=O) groups excluding carboxylic acids is 1. The number of hydrogen-bond donors (Lipinski definition) is 1. The van der Waals surface area contributed by atoms with Crippen LogP contribution in [-0.4, -0.2) is 31.5 Å². The molecule has 172 valence electrons. The van der Waals surface area contributed by atoms with Crippen LogP contribution in [0, 0.1) is 25.2 Å². The molecule has 0 unspecified atom stereocenters. The molecule has 0 radical (unpaired) electrons. The maximum atomic E-state index is 12.8. The maximum absolute atomic E-state index is 12.8. The number of benzene rings is 1. The lowest BCUT2D eigenvalue weighted by Crippen LogP contribution is -2.35. The third-order valence-corrected chi connectivity index (χ3v) is 7.46. The molecule has 0 aliphatic carbocycles. The summed E-state index contributed by atoms with van der Waals surface area (Å²) in [5.74, 6) is 0.506. The quantitative estimate of drug-likeness (QED) is 0.515. The summed E-state index contributed by atoms with van der Waals surface area (Å²) < 4.78 is 2.18. The van der Waals surface area contributed by atoms with E-state index in [1.54, 1.807) is 6.08 Å². The molecule has 0 saturated heterocycles. The Morgan fingerprint density at radius 2 is 1.79 bits per heavy atom. The molecule has 0 fully saturated rings. The second-order valence-electron chi connectivity index (χ2n) is 8.88. The van der Waals surface area contributed by atoms with Gasteiger partial charge in [-0.15, -0.1) is 0 Å². The van der Waals surface area contributed by atoms with E-state index in [0.717, 1.165) is 40.5 Å². The van der Waals surface area contributed by atoms with Gasteiger partial charge in [0, 0.05) is 23.0 Å². The summed E-state index contributed by atoms with van der Waals surface area (Å²) in [6.07, 6.45) is 3.72. The van der Waals surface area contributed by atoms with E-state index in [1.165, 1.54) is 22.3 Å². The van der Waals surface area contributed by atoms with Crippen molar-refractivity contribution in [3.8, 4) is 5.69 Å². The zero-order chi connectivity index (χ0) is 23.9. The lowest BCUT2D eigenvalue weighted by Gasteiger charge is -2.20. The number of thioether (sulfide) groups is 1. The third kappa shape index (κ3) is 4.22.